The van der Waals surface area contributed by atoms with Crippen molar-refractivity contribution in [3.8, 4) is 16.3 Å². The van der Waals surface area contributed by atoms with Crippen LogP contribution in [0.1, 0.15) is 10.5 Å². The second-order valence-corrected chi connectivity index (χ2v) is 7.03. The molecule has 2 heterocycles. The molecule has 1 N–H and O–H groups in total. The highest BCUT2D eigenvalue weighted by atomic mass is 35.5. The zero-order valence-electron chi connectivity index (χ0n) is 13.2. The number of nitrogens with one attached hydrogen (secondary N) is 1. The maximum absolute atomic E-state index is 12.3. The van der Waals surface area contributed by atoms with Crippen LogP contribution in [0.15, 0.2) is 33.6 Å². The van der Waals surface area contributed by atoms with Gasteiger partial charge in [-0.05, 0) is 30.0 Å². The Kier molecular flexibility index (Phi) is 5.58. The molecule has 3 rings (SSSR count). The second kappa shape index (κ2) is 7.74. The lowest BCUT2D eigenvalue weighted by atomic mass is 10.2. The van der Waals surface area contributed by atoms with Crippen molar-refractivity contribution < 1.29 is 27.4 Å². The van der Waals surface area contributed by atoms with Gasteiger partial charge in [0.2, 0.25) is 5.69 Å². The topological polar surface area (TPSA) is 90.0 Å². The van der Waals surface area contributed by atoms with E-state index in [1.165, 1.54) is 30.6 Å². The summed E-state index contributed by atoms with van der Waals surface area (Å²) in [6.45, 7) is 0. The molecule has 27 heavy (non-hydrogen) atoms. The van der Waals surface area contributed by atoms with Crippen molar-refractivity contribution in [2.24, 2.45) is 0 Å². The van der Waals surface area contributed by atoms with Gasteiger partial charge in [-0.15, -0.1) is 34.7 Å². The Morgan fingerprint density at radius 1 is 1.33 bits per heavy atom. The summed E-state index contributed by atoms with van der Waals surface area (Å²) in [5, 5.41) is 12.7. The van der Waals surface area contributed by atoms with Crippen LogP contribution in [-0.4, -0.2) is 39.8 Å². The number of thiazole rings is 1. The van der Waals surface area contributed by atoms with Gasteiger partial charge >= 0.3 is 12.3 Å². The molecule has 1 aromatic carbocycles. The highest BCUT2D eigenvalue weighted by Crippen LogP contribution is 2.37. The third-order valence-electron chi connectivity index (χ3n) is 2.98. The summed E-state index contributed by atoms with van der Waals surface area (Å²) < 4.78 is 45.3. The normalized spacial score (nSPS) is 11.4. The molecule has 142 valence electrons. The largest absolute Gasteiger partial charge is 0.573 e. The molecule has 2 aromatic heterocycles. The molecule has 0 aliphatic carbocycles. The molecule has 0 aliphatic rings. The minimum atomic E-state index is -4.83. The second-order valence-electron chi connectivity index (χ2n) is 4.75. The van der Waals surface area contributed by atoms with Crippen LogP contribution >= 0.6 is 34.7 Å². The number of halogens is 4. The van der Waals surface area contributed by atoms with E-state index in [2.05, 4.69) is 29.9 Å². The number of ether oxygens (including phenoxy) is 2. The number of nitrogens with zero attached hydrogens (tertiary/aromatic N) is 3. The predicted molar refractivity (Wildman–Crippen MR) is 91.1 cm³/mol. The smallest absolute Gasteiger partial charge is 0.464 e. The molecule has 13 heteroatoms. The van der Waals surface area contributed by atoms with Crippen LogP contribution in [0.5, 0.6) is 5.75 Å². The van der Waals surface area contributed by atoms with Gasteiger partial charge in [0.15, 0.2) is 5.03 Å². The molecule has 0 bridgehead atoms. The Morgan fingerprint density at radius 3 is 2.78 bits per heavy atom. The van der Waals surface area contributed by atoms with E-state index in [1.54, 1.807) is 5.38 Å². The standard InChI is InChI=1S/C14H8ClF3N4O3S2/c1-24-13(23)10-12(21-22-20-10)27-9-5-26-11(19-9)6-2-3-8(7(15)4-6)25-14(16,17)18/h2-5H,1H3,(H,20,21,22). The van der Waals surface area contributed by atoms with Crippen LogP contribution in [0.25, 0.3) is 10.6 Å². The number of hydrogen-bond donors (Lipinski definition) is 1. The van der Waals surface area contributed by atoms with E-state index in [9.17, 15) is 18.0 Å². The molecule has 0 fully saturated rings. The summed E-state index contributed by atoms with van der Waals surface area (Å²) in [4.78, 5) is 16.0. The molecule has 0 saturated carbocycles. The molecule has 0 atom stereocenters. The molecule has 7 nitrogen and oxygen atoms in total. The fraction of sp³-hybridized carbons (Fsp3) is 0.143. The quantitative estimate of drug-likeness (QED) is 0.592. The van der Waals surface area contributed by atoms with E-state index in [4.69, 9.17) is 11.6 Å². The lowest BCUT2D eigenvalue weighted by Crippen LogP contribution is -2.17. The van der Waals surface area contributed by atoms with Crippen LogP contribution in [-0.2, 0) is 4.74 Å². The highest BCUT2D eigenvalue weighted by molar-refractivity contribution is 7.99. The van der Waals surface area contributed by atoms with Gasteiger partial charge in [-0.3, -0.25) is 0 Å². The van der Waals surface area contributed by atoms with E-state index < -0.39 is 18.1 Å². The van der Waals surface area contributed by atoms with Gasteiger partial charge in [-0.1, -0.05) is 11.6 Å². The number of carbonyl (C=O) groups excluding carboxylic acids is 1. The minimum Gasteiger partial charge on any atom is -0.464 e. The summed E-state index contributed by atoms with van der Waals surface area (Å²) in [6, 6.07) is 3.86. The lowest BCUT2D eigenvalue weighted by Gasteiger charge is -2.10. The van der Waals surface area contributed by atoms with Crippen molar-refractivity contribution in [1.82, 2.24) is 20.4 Å². The number of H-pyrrole nitrogens is 1. The molecule has 0 aliphatic heterocycles. The molecule has 0 radical (unpaired) electrons. The van der Waals surface area contributed by atoms with Crippen molar-refractivity contribution >= 4 is 40.7 Å². The summed E-state index contributed by atoms with van der Waals surface area (Å²) >= 11 is 8.18. The number of aromatic nitrogens is 4. The number of esters is 1. The van der Waals surface area contributed by atoms with Gasteiger partial charge in [0.25, 0.3) is 0 Å². The Labute approximate surface area is 162 Å². The first-order valence-electron chi connectivity index (χ1n) is 6.95. The fourth-order valence-corrected chi connectivity index (χ4v) is 3.84. The number of aromatic amines is 1. The number of alkyl halides is 3. The first-order valence-corrected chi connectivity index (χ1v) is 9.02. The van der Waals surface area contributed by atoms with Gasteiger partial charge in [0, 0.05) is 10.9 Å². The van der Waals surface area contributed by atoms with Gasteiger partial charge in [0.05, 0.1) is 12.1 Å². The van der Waals surface area contributed by atoms with Crippen LogP contribution in [0.4, 0.5) is 13.2 Å². The summed E-state index contributed by atoms with van der Waals surface area (Å²) in [5.41, 5.74) is 0.536. The monoisotopic (exact) mass is 436 g/mol. The van der Waals surface area contributed by atoms with Crippen LogP contribution in [0.3, 0.4) is 0 Å². The van der Waals surface area contributed by atoms with Crippen LogP contribution < -0.4 is 4.74 Å². The first kappa shape index (κ1) is 19.5. The molecule has 3 aromatic rings. The highest BCUT2D eigenvalue weighted by Gasteiger charge is 2.32. The van der Waals surface area contributed by atoms with Gasteiger partial charge in [-0.25, -0.2) is 9.78 Å². The van der Waals surface area contributed by atoms with Crippen LogP contribution in [0, 0.1) is 0 Å². The van der Waals surface area contributed by atoms with Gasteiger partial charge in [-0.2, -0.15) is 5.21 Å². The Balaban J connectivity index is 1.79. The van der Waals surface area contributed by atoms with Crippen molar-refractivity contribution in [3.05, 3.63) is 34.3 Å². The van der Waals surface area contributed by atoms with Crippen molar-refractivity contribution in [1.29, 1.82) is 0 Å². The number of carbonyl (C=O) groups is 1. The number of benzene rings is 1. The van der Waals surface area contributed by atoms with E-state index in [0.29, 0.717) is 15.6 Å². The third-order valence-corrected chi connectivity index (χ3v) is 5.22. The van der Waals surface area contributed by atoms with E-state index in [-0.39, 0.29) is 15.7 Å². The zero-order chi connectivity index (χ0) is 19.6. The van der Waals surface area contributed by atoms with E-state index in [1.807, 2.05) is 0 Å². The molecular formula is C14H8ClF3N4O3S2. The van der Waals surface area contributed by atoms with Crippen molar-refractivity contribution in [2.45, 2.75) is 16.4 Å². The molecular weight excluding hydrogens is 429 g/mol. The molecule has 0 saturated heterocycles. The third kappa shape index (κ3) is 4.70. The van der Waals surface area contributed by atoms with Crippen LogP contribution in [0.2, 0.25) is 5.02 Å². The summed E-state index contributed by atoms with van der Waals surface area (Å²) in [7, 11) is 1.22. The average molecular weight is 437 g/mol. The Morgan fingerprint density at radius 2 is 2.11 bits per heavy atom. The maximum Gasteiger partial charge on any atom is 0.573 e. The molecule has 0 spiro atoms. The van der Waals surface area contributed by atoms with E-state index in [0.717, 1.165) is 17.8 Å². The first-order chi connectivity index (χ1) is 12.8. The van der Waals surface area contributed by atoms with E-state index >= 15 is 0 Å². The molecule has 0 unspecified atom stereocenters. The molecule has 0 amide bonds. The van der Waals surface area contributed by atoms with Crippen molar-refractivity contribution in [3.63, 3.8) is 0 Å². The minimum absolute atomic E-state index is 0.0220. The van der Waals surface area contributed by atoms with Gasteiger partial charge in [0.1, 0.15) is 15.8 Å². The maximum atomic E-state index is 12.3. The van der Waals surface area contributed by atoms with Gasteiger partial charge < -0.3 is 9.47 Å². The predicted octanol–water partition coefficient (Wildman–Crippen LogP) is 4.42. The fourth-order valence-electron chi connectivity index (χ4n) is 1.90. The lowest BCUT2D eigenvalue weighted by molar-refractivity contribution is -0.274. The van der Waals surface area contributed by atoms with Crippen molar-refractivity contribution in [2.75, 3.05) is 7.11 Å². The summed E-state index contributed by atoms with van der Waals surface area (Å²) in [6.07, 6.45) is -4.83. The zero-order valence-corrected chi connectivity index (χ0v) is 15.6. The number of hydrogen-bond acceptors (Lipinski definition) is 8. The Bertz CT molecular complexity index is 977. The number of methoxy groups -OCH3 is 1. The number of rotatable bonds is 5. The average Bonchev–Trinajstić information content (AvgIpc) is 3.25. The summed E-state index contributed by atoms with van der Waals surface area (Å²) in [5.74, 6) is -1.14. The SMILES string of the molecule is COC(=O)c1n[nH]nc1Sc1csc(-c2ccc(OC(F)(F)F)c(Cl)c2)n1. The Hall–Kier alpha value is -2.31.